The summed E-state index contributed by atoms with van der Waals surface area (Å²) in [7, 11) is -0.888. The lowest BCUT2D eigenvalue weighted by Gasteiger charge is -2.50. The minimum atomic E-state index is -2.15. The zero-order valence-corrected chi connectivity index (χ0v) is 23.4. The van der Waals surface area contributed by atoms with Gasteiger partial charge in [0.2, 0.25) is 5.79 Å². The van der Waals surface area contributed by atoms with Crippen LogP contribution in [0.2, 0.25) is 18.1 Å². The van der Waals surface area contributed by atoms with E-state index in [1.165, 1.54) is 26.2 Å². The lowest BCUT2D eigenvalue weighted by Crippen LogP contribution is -2.62. The molecule has 0 saturated carbocycles. The van der Waals surface area contributed by atoms with Crippen LogP contribution in [-0.2, 0) is 33.0 Å². The fourth-order valence-corrected chi connectivity index (χ4v) is 4.60. The quantitative estimate of drug-likeness (QED) is 0.196. The van der Waals surface area contributed by atoms with Crippen molar-refractivity contribution in [3.05, 3.63) is 23.8 Å². The van der Waals surface area contributed by atoms with E-state index in [0.29, 0.717) is 6.29 Å². The summed E-state index contributed by atoms with van der Waals surface area (Å²) in [5, 5.41) is 22.5. The number of aliphatic hydroxyl groups is 2. The number of carbonyl (C=O) groups is 3. The maximum absolute atomic E-state index is 12.1. The van der Waals surface area contributed by atoms with Gasteiger partial charge in [0.05, 0.1) is 25.9 Å². The van der Waals surface area contributed by atoms with Crippen molar-refractivity contribution in [2.24, 2.45) is 5.41 Å². The van der Waals surface area contributed by atoms with Crippen LogP contribution in [0.15, 0.2) is 23.8 Å². The van der Waals surface area contributed by atoms with Gasteiger partial charge in [-0.2, -0.15) is 0 Å². The summed E-state index contributed by atoms with van der Waals surface area (Å²) in [5.74, 6) is -3.53. The molecule has 1 rings (SSSR count). The minimum Gasteiger partial charge on any atom is -0.466 e. The summed E-state index contributed by atoms with van der Waals surface area (Å²) in [4.78, 5) is 35.0. The molecule has 1 heterocycles. The first kappa shape index (κ1) is 31.2. The molecule has 0 amide bonds. The Morgan fingerprint density at radius 1 is 1.26 bits per heavy atom. The average Bonchev–Trinajstić information content (AvgIpc) is 2.72. The van der Waals surface area contributed by atoms with Crippen LogP contribution in [0.4, 0.5) is 0 Å². The van der Waals surface area contributed by atoms with E-state index < -0.39 is 49.8 Å². The van der Waals surface area contributed by atoms with Gasteiger partial charge in [-0.15, -0.1) is 0 Å². The highest BCUT2D eigenvalue weighted by atomic mass is 28.4. The average molecular weight is 515 g/mol. The van der Waals surface area contributed by atoms with Crippen molar-refractivity contribution in [3.63, 3.8) is 0 Å². The van der Waals surface area contributed by atoms with E-state index in [1.54, 1.807) is 13.8 Å². The van der Waals surface area contributed by atoms with Crippen LogP contribution in [0, 0.1) is 5.41 Å². The largest absolute Gasteiger partial charge is 0.466 e. The van der Waals surface area contributed by atoms with Crippen LogP contribution in [-0.4, -0.2) is 74.6 Å². The molecule has 1 aliphatic heterocycles. The number of hydrogen-bond acceptors (Lipinski definition) is 9. The molecule has 0 aromatic carbocycles. The molecule has 0 radical (unpaired) electrons. The number of hydrogen-bond donors (Lipinski definition) is 2. The van der Waals surface area contributed by atoms with E-state index in [1.807, 2.05) is 0 Å². The van der Waals surface area contributed by atoms with Gasteiger partial charge in [-0.1, -0.05) is 40.7 Å². The number of methoxy groups -OCH3 is 1. The van der Waals surface area contributed by atoms with Gasteiger partial charge in [-0.05, 0) is 36.2 Å². The fraction of sp³-hybridized carbons (Fsp3) is 0.720. The standard InChI is InChI=1S/C25H42O9Si/c1-17(27)33-22-18(14-21(29)31-7)13-20(34-25(22,30)24(5,6)11-10-12-26)15-19(28)16-32-35(8,9)23(2,3)4/h10-12,14,19-20,22,28,30H,13,15-16H2,1-9H3/b11-10+,18-14+/t19-,20+,22+,25-/m1/s1. The molecule has 0 unspecified atom stereocenters. The third-order valence-electron chi connectivity index (χ3n) is 6.78. The van der Waals surface area contributed by atoms with Gasteiger partial charge in [-0.3, -0.25) is 9.59 Å². The van der Waals surface area contributed by atoms with Crippen LogP contribution >= 0.6 is 0 Å². The van der Waals surface area contributed by atoms with E-state index >= 15 is 0 Å². The SMILES string of the molecule is COC(=O)/C=C1\C[C@@H](C[C@@H](O)CO[Si](C)(C)C(C)(C)C)O[C@@](O)(C(C)(C)/C=C/C=O)[C@H]1OC(C)=O. The Hall–Kier alpha value is -1.85. The van der Waals surface area contributed by atoms with E-state index in [4.69, 9.17) is 18.6 Å². The highest BCUT2D eigenvalue weighted by molar-refractivity contribution is 6.74. The molecule has 9 nitrogen and oxygen atoms in total. The zero-order chi connectivity index (χ0) is 27.2. The predicted octanol–water partition coefficient (Wildman–Crippen LogP) is 3.05. The number of rotatable bonds is 10. The number of aliphatic hydroxyl groups excluding tert-OH is 1. The first-order chi connectivity index (χ1) is 15.9. The minimum absolute atomic E-state index is 0.0308. The first-order valence-corrected chi connectivity index (χ1v) is 14.6. The maximum Gasteiger partial charge on any atom is 0.330 e. The molecule has 0 aromatic rings. The van der Waals surface area contributed by atoms with Crippen molar-refractivity contribution in [1.29, 1.82) is 0 Å². The molecule has 1 aliphatic rings. The number of esters is 2. The van der Waals surface area contributed by atoms with Crippen molar-refractivity contribution in [3.8, 4) is 0 Å². The summed E-state index contributed by atoms with van der Waals surface area (Å²) in [6, 6.07) is 0. The summed E-state index contributed by atoms with van der Waals surface area (Å²) in [6.45, 7) is 15.0. The van der Waals surface area contributed by atoms with Crippen LogP contribution in [0.3, 0.4) is 0 Å². The van der Waals surface area contributed by atoms with Gasteiger partial charge in [0, 0.05) is 24.8 Å². The Morgan fingerprint density at radius 3 is 2.34 bits per heavy atom. The highest BCUT2D eigenvalue weighted by Gasteiger charge is 2.57. The monoisotopic (exact) mass is 514 g/mol. The second-order valence-electron chi connectivity index (χ2n) is 11.1. The van der Waals surface area contributed by atoms with Crippen LogP contribution < -0.4 is 0 Å². The Labute approximate surface area is 209 Å². The van der Waals surface area contributed by atoms with Crippen LogP contribution in [0.25, 0.3) is 0 Å². The van der Waals surface area contributed by atoms with Crippen molar-refractivity contribution in [1.82, 2.24) is 0 Å². The molecule has 2 N–H and O–H groups in total. The molecule has 1 fully saturated rings. The number of aldehydes is 1. The zero-order valence-electron chi connectivity index (χ0n) is 22.4. The first-order valence-electron chi connectivity index (χ1n) is 11.7. The second kappa shape index (κ2) is 11.9. The van der Waals surface area contributed by atoms with Gasteiger partial charge in [0.25, 0.3) is 0 Å². The molecule has 200 valence electrons. The lowest BCUT2D eigenvalue weighted by atomic mass is 9.74. The Bertz CT molecular complexity index is 825. The third kappa shape index (κ3) is 8.08. The van der Waals surface area contributed by atoms with Crippen molar-refractivity contribution in [2.45, 2.75) is 96.6 Å². The lowest BCUT2D eigenvalue weighted by molar-refractivity contribution is -0.326. The molecule has 0 aliphatic carbocycles. The van der Waals surface area contributed by atoms with Gasteiger partial charge in [0.15, 0.2) is 14.4 Å². The van der Waals surface area contributed by atoms with Gasteiger partial charge in [0.1, 0.15) is 6.29 Å². The van der Waals surface area contributed by atoms with Crippen molar-refractivity contribution >= 4 is 26.5 Å². The normalized spacial score (nSPS) is 26.0. The van der Waals surface area contributed by atoms with E-state index in [0.717, 1.165) is 6.08 Å². The Balaban J connectivity index is 3.34. The molecule has 0 bridgehead atoms. The topological polar surface area (TPSA) is 129 Å². The number of allylic oxidation sites excluding steroid dienone is 1. The maximum atomic E-state index is 12.1. The Kier molecular flexibility index (Phi) is 10.6. The van der Waals surface area contributed by atoms with Crippen LogP contribution in [0.1, 0.15) is 54.4 Å². The van der Waals surface area contributed by atoms with Crippen LogP contribution in [0.5, 0.6) is 0 Å². The van der Waals surface area contributed by atoms with Crippen molar-refractivity contribution < 1.29 is 43.2 Å². The smallest absolute Gasteiger partial charge is 0.330 e. The molecule has 0 aromatic heterocycles. The predicted molar refractivity (Wildman–Crippen MR) is 133 cm³/mol. The summed E-state index contributed by atoms with van der Waals surface area (Å²) < 4.78 is 22.4. The molecule has 35 heavy (non-hydrogen) atoms. The molecule has 0 spiro atoms. The molecule has 4 atom stereocenters. The van der Waals surface area contributed by atoms with Gasteiger partial charge < -0.3 is 28.8 Å². The molecule has 10 heteroatoms. The van der Waals surface area contributed by atoms with E-state index in [-0.39, 0.29) is 30.1 Å². The van der Waals surface area contributed by atoms with Gasteiger partial charge >= 0.3 is 11.9 Å². The number of carbonyl (C=O) groups excluding carboxylic acids is 3. The van der Waals surface area contributed by atoms with Gasteiger partial charge in [-0.25, -0.2) is 4.79 Å². The summed E-state index contributed by atoms with van der Waals surface area (Å²) in [6.07, 6.45) is 1.55. The Morgan fingerprint density at radius 2 is 1.86 bits per heavy atom. The summed E-state index contributed by atoms with van der Waals surface area (Å²) in [5.41, 5.74) is -0.958. The number of ether oxygens (including phenoxy) is 3. The fourth-order valence-electron chi connectivity index (χ4n) is 3.56. The van der Waals surface area contributed by atoms with Crippen molar-refractivity contribution in [2.75, 3.05) is 13.7 Å². The molecule has 1 saturated heterocycles. The highest BCUT2D eigenvalue weighted by Crippen LogP contribution is 2.46. The molecular formula is C25H42O9Si. The van der Waals surface area contributed by atoms with E-state index in [2.05, 4.69) is 33.9 Å². The summed E-state index contributed by atoms with van der Waals surface area (Å²) >= 11 is 0. The second-order valence-corrected chi connectivity index (χ2v) is 15.9. The van der Waals surface area contributed by atoms with E-state index in [9.17, 15) is 24.6 Å². The third-order valence-corrected chi connectivity index (χ3v) is 11.3. The molecular weight excluding hydrogens is 472 g/mol.